The number of hydrogen-bond donors (Lipinski definition) is 2. The molecule has 2 N–H and O–H groups in total. The maximum absolute atomic E-state index is 10.7. The topological polar surface area (TPSA) is 32.3 Å². The molecule has 0 aliphatic heterocycles. The summed E-state index contributed by atoms with van der Waals surface area (Å²) >= 11 is 0. The Labute approximate surface area is 99.1 Å². The number of nitrogens with one attached hydrogen (secondary N) is 1. The molecule has 2 aliphatic rings. The van der Waals surface area contributed by atoms with Crippen LogP contribution in [-0.2, 0) is 0 Å². The lowest BCUT2D eigenvalue weighted by Crippen LogP contribution is -2.42. The maximum Gasteiger partial charge on any atom is 0.0857 e. The van der Waals surface area contributed by atoms with Crippen LogP contribution < -0.4 is 5.32 Å². The average Bonchev–Trinajstić information content (AvgIpc) is 2.34. The standard InChI is InChI=1S/C14H25NO/c1-2-15-13-8-10-14(16,11-9-13)12-6-4-3-5-7-12/h6,13,15-16H,2-5,7-11H2,1H3. The minimum absolute atomic E-state index is 0.452. The molecule has 0 atom stereocenters. The summed E-state index contributed by atoms with van der Waals surface area (Å²) in [4.78, 5) is 0. The molecule has 92 valence electrons. The quantitative estimate of drug-likeness (QED) is 0.721. The van der Waals surface area contributed by atoms with E-state index in [4.69, 9.17) is 0 Å². The molecule has 0 aromatic rings. The van der Waals surface area contributed by atoms with Crippen LogP contribution >= 0.6 is 0 Å². The Kier molecular flexibility index (Phi) is 4.04. The lowest BCUT2D eigenvalue weighted by Gasteiger charge is -2.39. The second-order valence-corrected chi connectivity index (χ2v) is 5.34. The molecule has 16 heavy (non-hydrogen) atoms. The molecule has 0 bridgehead atoms. The molecule has 0 radical (unpaired) electrons. The van der Waals surface area contributed by atoms with Crippen molar-refractivity contribution in [2.24, 2.45) is 0 Å². The van der Waals surface area contributed by atoms with Gasteiger partial charge in [0.05, 0.1) is 5.60 Å². The zero-order valence-electron chi connectivity index (χ0n) is 10.5. The van der Waals surface area contributed by atoms with Crippen molar-refractivity contribution < 1.29 is 5.11 Å². The van der Waals surface area contributed by atoms with E-state index in [-0.39, 0.29) is 0 Å². The first kappa shape index (κ1) is 12.1. The summed E-state index contributed by atoms with van der Waals surface area (Å²) in [6.45, 7) is 3.20. The molecule has 2 aliphatic carbocycles. The van der Waals surface area contributed by atoms with Crippen molar-refractivity contribution in [2.45, 2.75) is 69.9 Å². The molecule has 2 heteroatoms. The first-order chi connectivity index (χ1) is 7.74. The number of allylic oxidation sites excluding steroid dienone is 1. The summed E-state index contributed by atoms with van der Waals surface area (Å²) in [6, 6.07) is 0.634. The second kappa shape index (κ2) is 5.33. The highest BCUT2D eigenvalue weighted by atomic mass is 16.3. The van der Waals surface area contributed by atoms with Crippen LogP contribution in [0.4, 0.5) is 0 Å². The van der Waals surface area contributed by atoms with E-state index in [9.17, 15) is 5.11 Å². The first-order valence-corrected chi connectivity index (χ1v) is 6.90. The van der Waals surface area contributed by atoms with Crippen LogP contribution in [0.25, 0.3) is 0 Å². The van der Waals surface area contributed by atoms with Gasteiger partial charge in [0.15, 0.2) is 0 Å². The van der Waals surface area contributed by atoms with Crippen LogP contribution in [-0.4, -0.2) is 23.3 Å². The van der Waals surface area contributed by atoms with E-state index in [2.05, 4.69) is 18.3 Å². The normalized spacial score (nSPS) is 35.9. The van der Waals surface area contributed by atoms with E-state index in [1.54, 1.807) is 0 Å². The smallest absolute Gasteiger partial charge is 0.0857 e. The van der Waals surface area contributed by atoms with Gasteiger partial charge in [-0.3, -0.25) is 0 Å². The Hall–Kier alpha value is -0.340. The Morgan fingerprint density at radius 3 is 2.69 bits per heavy atom. The maximum atomic E-state index is 10.7. The van der Waals surface area contributed by atoms with Gasteiger partial charge in [-0.15, -0.1) is 0 Å². The van der Waals surface area contributed by atoms with E-state index in [0.29, 0.717) is 6.04 Å². The lowest BCUT2D eigenvalue weighted by molar-refractivity contribution is 0.0264. The van der Waals surface area contributed by atoms with Gasteiger partial charge in [-0.05, 0) is 63.5 Å². The Morgan fingerprint density at radius 2 is 2.12 bits per heavy atom. The molecule has 1 fully saturated rings. The van der Waals surface area contributed by atoms with Crippen molar-refractivity contribution in [1.29, 1.82) is 0 Å². The van der Waals surface area contributed by atoms with Crippen LogP contribution in [0.3, 0.4) is 0 Å². The van der Waals surface area contributed by atoms with Crippen molar-refractivity contribution in [2.75, 3.05) is 6.54 Å². The van der Waals surface area contributed by atoms with Gasteiger partial charge >= 0.3 is 0 Å². The predicted molar refractivity (Wildman–Crippen MR) is 67.4 cm³/mol. The van der Waals surface area contributed by atoms with Gasteiger partial charge in [-0.1, -0.05) is 13.0 Å². The SMILES string of the molecule is CCNC1CCC(O)(C2=CCCCC2)CC1. The summed E-state index contributed by atoms with van der Waals surface area (Å²) in [5, 5.41) is 14.2. The molecule has 2 rings (SSSR count). The van der Waals surface area contributed by atoms with Crippen LogP contribution in [0.2, 0.25) is 0 Å². The molecule has 0 aromatic carbocycles. The van der Waals surface area contributed by atoms with Gasteiger partial charge in [0, 0.05) is 6.04 Å². The zero-order chi connectivity index (χ0) is 11.4. The lowest BCUT2D eigenvalue weighted by atomic mass is 9.74. The summed E-state index contributed by atoms with van der Waals surface area (Å²) in [6.07, 6.45) is 11.3. The van der Waals surface area contributed by atoms with Crippen LogP contribution in [0, 0.1) is 0 Å². The molecule has 0 spiro atoms. The molecule has 0 amide bonds. The van der Waals surface area contributed by atoms with E-state index in [1.165, 1.54) is 24.8 Å². The average molecular weight is 223 g/mol. The van der Waals surface area contributed by atoms with Crippen LogP contribution in [0.15, 0.2) is 11.6 Å². The fourth-order valence-corrected chi connectivity index (χ4v) is 3.17. The van der Waals surface area contributed by atoms with E-state index < -0.39 is 5.60 Å². The van der Waals surface area contributed by atoms with Gasteiger partial charge in [0.1, 0.15) is 0 Å². The largest absolute Gasteiger partial charge is 0.386 e. The van der Waals surface area contributed by atoms with Crippen LogP contribution in [0.1, 0.15) is 58.3 Å². The van der Waals surface area contributed by atoms with Crippen LogP contribution in [0.5, 0.6) is 0 Å². The predicted octanol–water partition coefficient (Wildman–Crippen LogP) is 2.77. The third-order valence-corrected chi connectivity index (χ3v) is 4.19. The van der Waals surface area contributed by atoms with Gasteiger partial charge in [0.2, 0.25) is 0 Å². The van der Waals surface area contributed by atoms with Crippen molar-refractivity contribution in [3.8, 4) is 0 Å². The molecule has 0 heterocycles. The Morgan fingerprint density at radius 1 is 1.38 bits per heavy atom. The molecule has 0 unspecified atom stereocenters. The summed E-state index contributed by atoms with van der Waals surface area (Å²) < 4.78 is 0. The van der Waals surface area contributed by atoms with Crippen molar-refractivity contribution in [3.05, 3.63) is 11.6 Å². The van der Waals surface area contributed by atoms with E-state index in [1.807, 2.05) is 0 Å². The van der Waals surface area contributed by atoms with Gasteiger partial charge in [0.25, 0.3) is 0 Å². The minimum Gasteiger partial charge on any atom is -0.386 e. The molecule has 2 nitrogen and oxygen atoms in total. The van der Waals surface area contributed by atoms with Gasteiger partial charge in [-0.2, -0.15) is 0 Å². The molecule has 1 saturated carbocycles. The third kappa shape index (κ3) is 2.67. The van der Waals surface area contributed by atoms with E-state index in [0.717, 1.165) is 38.6 Å². The highest BCUT2D eigenvalue weighted by molar-refractivity contribution is 5.19. The van der Waals surface area contributed by atoms with Crippen molar-refractivity contribution in [1.82, 2.24) is 5.32 Å². The molecule has 0 aromatic heterocycles. The highest BCUT2D eigenvalue weighted by Gasteiger charge is 2.36. The minimum atomic E-state index is -0.452. The summed E-state index contributed by atoms with van der Waals surface area (Å²) in [5.74, 6) is 0. The number of rotatable bonds is 3. The Bertz CT molecular complexity index is 251. The highest BCUT2D eigenvalue weighted by Crippen LogP contribution is 2.38. The summed E-state index contributed by atoms with van der Waals surface area (Å²) in [5.41, 5.74) is 0.889. The van der Waals surface area contributed by atoms with Gasteiger partial charge < -0.3 is 10.4 Å². The number of hydrogen-bond acceptors (Lipinski definition) is 2. The molecular weight excluding hydrogens is 198 g/mol. The second-order valence-electron chi connectivity index (χ2n) is 5.34. The molecular formula is C14H25NO. The third-order valence-electron chi connectivity index (χ3n) is 4.19. The Balaban J connectivity index is 1.92. The van der Waals surface area contributed by atoms with E-state index >= 15 is 0 Å². The van der Waals surface area contributed by atoms with Gasteiger partial charge in [-0.25, -0.2) is 0 Å². The fourth-order valence-electron chi connectivity index (χ4n) is 3.17. The van der Waals surface area contributed by atoms with Crippen molar-refractivity contribution in [3.63, 3.8) is 0 Å². The summed E-state index contributed by atoms with van der Waals surface area (Å²) in [7, 11) is 0. The molecule has 0 saturated heterocycles. The van der Waals surface area contributed by atoms with Crippen molar-refractivity contribution >= 4 is 0 Å². The first-order valence-electron chi connectivity index (χ1n) is 6.90. The monoisotopic (exact) mass is 223 g/mol. The zero-order valence-corrected chi connectivity index (χ0v) is 10.5. The number of aliphatic hydroxyl groups is 1. The fraction of sp³-hybridized carbons (Fsp3) is 0.857.